The van der Waals surface area contributed by atoms with Gasteiger partial charge in [-0.3, -0.25) is 9.59 Å². The normalized spacial score (nSPS) is 11.1. The van der Waals surface area contributed by atoms with Gasteiger partial charge in [-0.2, -0.15) is 0 Å². The van der Waals surface area contributed by atoms with Crippen LogP contribution in [0.15, 0.2) is 47.6 Å². The summed E-state index contributed by atoms with van der Waals surface area (Å²) in [6, 6.07) is 0. The number of aldehydes is 1. The fourth-order valence-electron chi connectivity index (χ4n) is 0.992. The lowest BCUT2D eigenvalue weighted by atomic mass is 9.97. The summed E-state index contributed by atoms with van der Waals surface area (Å²) in [6.07, 6.45) is 3.36. The first kappa shape index (κ1) is 13.3. The van der Waals surface area contributed by atoms with Gasteiger partial charge in [-0.1, -0.05) is 30.9 Å². The molecule has 0 rings (SSSR count). The van der Waals surface area contributed by atoms with Crippen LogP contribution in [0.3, 0.4) is 0 Å². The minimum absolute atomic E-state index is 0.174. The maximum absolute atomic E-state index is 11.9. The average Bonchev–Trinajstić information content (AvgIpc) is 2.23. The monoisotopic (exact) mass is 204 g/mol. The fourth-order valence-corrected chi connectivity index (χ4v) is 0.992. The van der Waals surface area contributed by atoms with Crippen LogP contribution < -0.4 is 0 Å². The van der Waals surface area contributed by atoms with Gasteiger partial charge in [-0.05, 0) is 26.3 Å². The molecule has 0 saturated carbocycles. The van der Waals surface area contributed by atoms with Crippen LogP contribution in [0.2, 0.25) is 0 Å². The highest BCUT2D eigenvalue weighted by atomic mass is 16.1. The lowest BCUT2D eigenvalue weighted by Crippen LogP contribution is -2.06. The topological polar surface area (TPSA) is 34.1 Å². The van der Waals surface area contributed by atoms with E-state index in [0.717, 1.165) is 5.57 Å². The number of hydrogen-bond donors (Lipinski definition) is 0. The van der Waals surface area contributed by atoms with Crippen molar-refractivity contribution in [2.75, 3.05) is 0 Å². The molecule has 0 fully saturated rings. The molecule has 0 unspecified atom stereocenters. The summed E-state index contributed by atoms with van der Waals surface area (Å²) in [7, 11) is 0. The van der Waals surface area contributed by atoms with E-state index in [9.17, 15) is 9.59 Å². The number of carbonyl (C=O) groups excluding carboxylic acids is 2. The van der Waals surface area contributed by atoms with Gasteiger partial charge in [0.1, 0.15) is 0 Å². The van der Waals surface area contributed by atoms with Crippen molar-refractivity contribution in [3.05, 3.63) is 47.6 Å². The predicted octanol–water partition coefficient (Wildman–Crippen LogP) is 2.78. The van der Waals surface area contributed by atoms with Crippen LogP contribution in [0.25, 0.3) is 0 Å². The molecule has 0 radical (unpaired) electrons. The van der Waals surface area contributed by atoms with E-state index in [-0.39, 0.29) is 11.4 Å². The van der Waals surface area contributed by atoms with Crippen molar-refractivity contribution >= 4 is 12.1 Å². The van der Waals surface area contributed by atoms with Crippen LogP contribution in [-0.2, 0) is 9.59 Å². The van der Waals surface area contributed by atoms with Gasteiger partial charge in [0.25, 0.3) is 0 Å². The van der Waals surface area contributed by atoms with Gasteiger partial charge in [-0.25, -0.2) is 0 Å². The zero-order valence-corrected chi connectivity index (χ0v) is 9.46. The van der Waals surface area contributed by atoms with Crippen molar-refractivity contribution < 1.29 is 9.59 Å². The Morgan fingerprint density at radius 2 is 1.60 bits per heavy atom. The van der Waals surface area contributed by atoms with Crippen LogP contribution >= 0.6 is 0 Å². The highest BCUT2D eigenvalue weighted by Gasteiger charge is 2.12. The molecular weight excluding hydrogens is 188 g/mol. The minimum atomic E-state index is -0.174. The van der Waals surface area contributed by atoms with E-state index in [1.54, 1.807) is 6.92 Å². The van der Waals surface area contributed by atoms with Crippen molar-refractivity contribution in [1.82, 2.24) is 0 Å². The van der Waals surface area contributed by atoms with E-state index in [1.165, 1.54) is 12.2 Å². The third kappa shape index (κ3) is 3.17. The molecule has 2 nitrogen and oxygen atoms in total. The molecule has 0 saturated heterocycles. The van der Waals surface area contributed by atoms with Crippen molar-refractivity contribution in [3.8, 4) is 0 Å². The zero-order chi connectivity index (χ0) is 12.0. The number of allylic oxidation sites excluding steroid dienone is 6. The van der Waals surface area contributed by atoms with Crippen LogP contribution in [0.5, 0.6) is 0 Å². The van der Waals surface area contributed by atoms with E-state index in [1.807, 2.05) is 13.8 Å². The van der Waals surface area contributed by atoms with Gasteiger partial charge in [-0.15, -0.1) is 0 Å². The van der Waals surface area contributed by atoms with Crippen LogP contribution in [-0.4, -0.2) is 12.1 Å². The maximum Gasteiger partial charge on any atom is 0.189 e. The lowest BCUT2D eigenvalue weighted by molar-refractivity contribution is -0.112. The second-order valence-electron chi connectivity index (χ2n) is 3.35. The van der Waals surface area contributed by atoms with Crippen LogP contribution in [0, 0.1) is 0 Å². The highest BCUT2D eigenvalue weighted by Crippen LogP contribution is 2.14. The molecule has 0 N–H and O–H groups in total. The quantitative estimate of drug-likeness (QED) is 0.392. The Balaban J connectivity index is 5.55. The molecule has 80 valence electrons. The molecule has 0 heterocycles. The van der Waals surface area contributed by atoms with Gasteiger partial charge in [0.05, 0.1) is 0 Å². The summed E-state index contributed by atoms with van der Waals surface area (Å²) < 4.78 is 0. The Labute approximate surface area is 90.7 Å². The second-order valence-corrected chi connectivity index (χ2v) is 3.35. The van der Waals surface area contributed by atoms with Crippen LogP contribution in [0.1, 0.15) is 20.8 Å². The van der Waals surface area contributed by atoms with E-state index in [4.69, 9.17) is 0 Å². The lowest BCUT2D eigenvalue weighted by Gasteiger charge is -2.05. The highest BCUT2D eigenvalue weighted by molar-refractivity contribution is 6.13. The first-order chi connectivity index (χ1) is 6.99. The second kappa shape index (κ2) is 5.91. The third-order valence-corrected chi connectivity index (χ3v) is 2.20. The molecule has 0 aliphatic rings. The molecule has 0 aliphatic carbocycles. The van der Waals surface area contributed by atoms with E-state index in [2.05, 4.69) is 13.2 Å². The van der Waals surface area contributed by atoms with Crippen molar-refractivity contribution in [1.29, 1.82) is 0 Å². The molecule has 0 bridgehead atoms. The first-order valence-electron chi connectivity index (χ1n) is 4.62. The minimum Gasteiger partial charge on any atom is -0.298 e. The first-order valence-corrected chi connectivity index (χ1v) is 4.62. The molecule has 0 aliphatic heterocycles. The van der Waals surface area contributed by atoms with Crippen LogP contribution in [0.4, 0.5) is 0 Å². The Bertz CT molecular complexity index is 354. The number of carbonyl (C=O) groups is 2. The molecule has 0 atom stereocenters. The summed E-state index contributed by atoms with van der Waals surface area (Å²) in [6.45, 7) is 12.4. The third-order valence-electron chi connectivity index (χ3n) is 2.20. The van der Waals surface area contributed by atoms with Gasteiger partial charge in [0, 0.05) is 11.1 Å². The molecule has 0 amide bonds. The molecule has 2 heteroatoms. The number of rotatable bonds is 5. The van der Waals surface area contributed by atoms with E-state index < -0.39 is 0 Å². The van der Waals surface area contributed by atoms with Gasteiger partial charge in [0.2, 0.25) is 0 Å². The number of ketones is 1. The Kier molecular flexibility index (Phi) is 5.24. The Hall–Kier alpha value is -1.70. The fraction of sp³-hybridized carbons (Fsp3) is 0.231. The van der Waals surface area contributed by atoms with Crippen molar-refractivity contribution in [2.45, 2.75) is 20.8 Å². The van der Waals surface area contributed by atoms with Gasteiger partial charge < -0.3 is 0 Å². The number of hydrogen-bond acceptors (Lipinski definition) is 2. The standard InChI is InChI=1S/C13H16O2/c1-6-11(8-14)12(7-2)13(15)10(5)9(3)4/h6-8H,1-2H2,3-5H3/b12-11-. The summed E-state index contributed by atoms with van der Waals surface area (Å²) in [5.41, 5.74) is 2.13. The summed E-state index contributed by atoms with van der Waals surface area (Å²) in [5.74, 6) is -0.174. The van der Waals surface area contributed by atoms with Gasteiger partial charge in [0.15, 0.2) is 12.1 Å². The zero-order valence-electron chi connectivity index (χ0n) is 9.46. The maximum atomic E-state index is 11.9. The Morgan fingerprint density at radius 3 is 1.87 bits per heavy atom. The predicted molar refractivity (Wildman–Crippen MR) is 62.5 cm³/mol. The largest absolute Gasteiger partial charge is 0.298 e. The number of Topliss-reactive ketones (excluding diaryl/α,β-unsaturated/α-hetero) is 1. The summed E-state index contributed by atoms with van der Waals surface area (Å²) in [5, 5.41) is 0. The summed E-state index contributed by atoms with van der Waals surface area (Å²) >= 11 is 0. The molecule has 15 heavy (non-hydrogen) atoms. The van der Waals surface area contributed by atoms with Gasteiger partial charge >= 0.3 is 0 Å². The molecule has 0 aromatic carbocycles. The molecule has 0 aromatic heterocycles. The van der Waals surface area contributed by atoms with E-state index >= 15 is 0 Å². The molecular formula is C13H16O2. The Morgan fingerprint density at radius 1 is 1.07 bits per heavy atom. The SMILES string of the molecule is C=C/C(C=O)=C(\C=C)C(=O)C(C)=C(C)C. The van der Waals surface area contributed by atoms with Crippen molar-refractivity contribution in [2.24, 2.45) is 0 Å². The average molecular weight is 204 g/mol. The molecule has 0 spiro atoms. The summed E-state index contributed by atoms with van der Waals surface area (Å²) in [4.78, 5) is 22.6. The molecule has 0 aromatic rings. The van der Waals surface area contributed by atoms with Crippen molar-refractivity contribution in [3.63, 3.8) is 0 Å². The van der Waals surface area contributed by atoms with E-state index in [0.29, 0.717) is 17.4 Å². The smallest absolute Gasteiger partial charge is 0.189 e.